The molecule has 0 N–H and O–H groups in total. The van der Waals surface area contributed by atoms with Gasteiger partial charge in [-0.15, -0.1) is 0 Å². The summed E-state index contributed by atoms with van der Waals surface area (Å²) in [7, 11) is 0. The summed E-state index contributed by atoms with van der Waals surface area (Å²) >= 11 is 3.35. The second-order valence-electron chi connectivity index (χ2n) is 5.39. The Morgan fingerprint density at radius 1 is 1.04 bits per heavy atom. The second kappa shape index (κ2) is 11.8. The monoisotopic (exact) mass is 374 g/mol. The molecule has 0 aliphatic carbocycles. The van der Waals surface area contributed by atoms with Crippen molar-refractivity contribution in [3.63, 3.8) is 0 Å². The van der Waals surface area contributed by atoms with Gasteiger partial charge in [0.15, 0.2) is 5.78 Å². The maximum absolute atomic E-state index is 9.69. The predicted molar refractivity (Wildman–Crippen MR) is 105 cm³/mol. The highest BCUT2D eigenvalue weighted by molar-refractivity contribution is 9.10. The van der Waals surface area contributed by atoms with E-state index in [4.69, 9.17) is 0 Å². The molecule has 2 rings (SSSR count). The summed E-state index contributed by atoms with van der Waals surface area (Å²) in [5, 5.41) is 0. The van der Waals surface area contributed by atoms with Gasteiger partial charge in [-0.2, -0.15) is 0 Å². The smallest absolute Gasteiger partial charge is 0.152 e. The van der Waals surface area contributed by atoms with Gasteiger partial charge in [0.1, 0.15) is 0 Å². The van der Waals surface area contributed by atoms with Gasteiger partial charge < -0.3 is 0 Å². The van der Waals surface area contributed by atoms with E-state index in [2.05, 4.69) is 80.5 Å². The third-order valence-corrected chi connectivity index (χ3v) is 3.71. The zero-order chi connectivity index (χ0) is 17.8. The first-order valence-corrected chi connectivity index (χ1v) is 8.50. The molecular weight excluding hydrogens is 348 g/mol. The van der Waals surface area contributed by atoms with Crippen LogP contribution in [-0.4, -0.2) is 5.78 Å². The molecule has 124 valence electrons. The Morgan fingerprint density at radius 2 is 1.52 bits per heavy atom. The van der Waals surface area contributed by atoms with Crippen LogP contribution in [0.1, 0.15) is 36.1 Å². The van der Waals surface area contributed by atoms with Gasteiger partial charge in [-0.25, -0.2) is 0 Å². The van der Waals surface area contributed by atoms with Crippen molar-refractivity contribution in [2.45, 2.75) is 41.0 Å². The summed E-state index contributed by atoms with van der Waals surface area (Å²) in [5.41, 5.74) is 5.54. The van der Waals surface area contributed by atoms with Crippen LogP contribution in [0.4, 0.5) is 0 Å². The third-order valence-electron chi connectivity index (χ3n) is 3.18. The fraction of sp³-hybridized carbons (Fsp3) is 0.286. The first kappa shape index (κ1) is 21.3. The molecule has 0 aromatic heterocycles. The average molecular weight is 375 g/mol. The van der Waals surface area contributed by atoms with Crippen LogP contribution >= 0.6 is 15.9 Å². The lowest BCUT2D eigenvalue weighted by atomic mass is 10.0. The Labute approximate surface area is 149 Å². The van der Waals surface area contributed by atoms with E-state index < -0.39 is 0 Å². The van der Waals surface area contributed by atoms with E-state index >= 15 is 0 Å². The quantitative estimate of drug-likeness (QED) is 0.556. The van der Waals surface area contributed by atoms with E-state index in [0.29, 0.717) is 0 Å². The van der Waals surface area contributed by atoms with E-state index in [0.717, 1.165) is 10.9 Å². The number of carbonyl (C=O) groups excluding carboxylic acids is 1. The first-order valence-electron chi connectivity index (χ1n) is 7.71. The summed E-state index contributed by atoms with van der Waals surface area (Å²) in [5.74, 6) is 0.0185. The van der Waals surface area contributed by atoms with Crippen molar-refractivity contribution in [2.75, 3.05) is 0 Å². The van der Waals surface area contributed by atoms with E-state index in [9.17, 15) is 4.79 Å². The van der Waals surface area contributed by atoms with Gasteiger partial charge in [-0.05, 0) is 63.5 Å². The number of allylic oxidation sites excluding steroid dienone is 1. The van der Waals surface area contributed by atoms with Gasteiger partial charge in [0.2, 0.25) is 0 Å². The van der Waals surface area contributed by atoms with Crippen molar-refractivity contribution >= 4 is 21.7 Å². The molecule has 0 amide bonds. The number of hydrogen-bond donors (Lipinski definition) is 0. The molecule has 23 heavy (non-hydrogen) atoms. The minimum atomic E-state index is 0.0185. The largest absolute Gasteiger partial charge is 0.295 e. The maximum Gasteiger partial charge on any atom is 0.152 e. The second-order valence-corrected chi connectivity index (χ2v) is 6.31. The van der Waals surface area contributed by atoms with Gasteiger partial charge in [0.25, 0.3) is 0 Å². The SMILES string of the molecule is C=CC(C)=O.CCc1ccc(C)cc1C.Cc1ccc(Br)cc1. The standard InChI is InChI=1S/C10H14.C7H7Br.C4H6O/c1-4-10-6-5-8(2)7-9(10)3;1-6-2-4-7(8)5-3-6;1-3-4(2)5/h5-7H,4H2,1-3H3;2-5H,1H3;3H,1H2,2H3. The summed E-state index contributed by atoms with van der Waals surface area (Å²) in [6, 6.07) is 14.8. The number of benzene rings is 2. The van der Waals surface area contributed by atoms with Crippen molar-refractivity contribution in [2.24, 2.45) is 0 Å². The Morgan fingerprint density at radius 3 is 1.87 bits per heavy atom. The highest BCUT2D eigenvalue weighted by Gasteiger charge is 1.93. The molecule has 0 heterocycles. The minimum absolute atomic E-state index is 0.0185. The first-order chi connectivity index (χ1) is 10.8. The van der Waals surface area contributed by atoms with Crippen molar-refractivity contribution in [3.8, 4) is 0 Å². The summed E-state index contributed by atoms with van der Waals surface area (Å²) in [6.07, 6.45) is 2.42. The van der Waals surface area contributed by atoms with Crippen LogP contribution in [0.5, 0.6) is 0 Å². The Hall–Kier alpha value is -1.67. The molecule has 0 fully saturated rings. The van der Waals surface area contributed by atoms with Gasteiger partial charge in [-0.3, -0.25) is 4.79 Å². The van der Waals surface area contributed by atoms with Crippen LogP contribution in [0.15, 0.2) is 59.6 Å². The summed E-state index contributed by atoms with van der Waals surface area (Å²) in [4.78, 5) is 9.69. The summed E-state index contributed by atoms with van der Waals surface area (Å²) < 4.78 is 1.14. The molecule has 0 aliphatic heterocycles. The molecule has 0 saturated carbocycles. The molecule has 0 unspecified atom stereocenters. The number of hydrogen-bond acceptors (Lipinski definition) is 1. The molecule has 0 bridgehead atoms. The molecule has 0 radical (unpaired) electrons. The maximum atomic E-state index is 9.69. The fourth-order valence-corrected chi connectivity index (χ4v) is 2.04. The van der Waals surface area contributed by atoms with E-state index in [1.54, 1.807) is 0 Å². The Kier molecular flexibility index (Phi) is 11.0. The zero-order valence-electron chi connectivity index (χ0n) is 14.8. The highest BCUT2D eigenvalue weighted by Crippen LogP contribution is 2.10. The van der Waals surface area contributed by atoms with Gasteiger partial charge in [0, 0.05) is 4.47 Å². The van der Waals surface area contributed by atoms with Crippen molar-refractivity contribution < 1.29 is 4.79 Å². The molecule has 2 aromatic carbocycles. The molecule has 0 atom stereocenters. The van der Waals surface area contributed by atoms with E-state index in [-0.39, 0.29) is 5.78 Å². The number of halogens is 1. The van der Waals surface area contributed by atoms with Crippen molar-refractivity contribution in [1.29, 1.82) is 0 Å². The number of carbonyl (C=O) groups is 1. The Bertz CT molecular complexity index is 591. The van der Waals surface area contributed by atoms with Gasteiger partial charge in [0.05, 0.1) is 0 Å². The van der Waals surface area contributed by atoms with Crippen LogP contribution < -0.4 is 0 Å². The molecule has 0 saturated heterocycles. The molecule has 0 spiro atoms. The van der Waals surface area contributed by atoms with Crippen molar-refractivity contribution in [1.82, 2.24) is 0 Å². The lowest BCUT2D eigenvalue weighted by Gasteiger charge is -2.02. The van der Waals surface area contributed by atoms with Gasteiger partial charge >= 0.3 is 0 Å². The third kappa shape index (κ3) is 10.6. The fourth-order valence-electron chi connectivity index (χ4n) is 1.78. The molecule has 0 aliphatic rings. The van der Waals surface area contributed by atoms with Crippen molar-refractivity contribution in [3.05, 3.63) is 81.8 Å². The Balaban J connectivity index is 0.000000335. The molecule has 2 heteroatoms. The van der Waals surface area contributed by atoms with Crippen LogP contribution in [0.25, 0.3) is 0 Å². The normalized spacial score (nSPS) is 8.96. The zero-order valence-corrected chi connectivity index (χ0v) is 16.4. The predicted octanol–water partition coefficient (Wildman–Crippen LogP) is 6.38. The lowest BCUT2D eigenvalue weighted by Crippen LogP contribution is -1.85. The van der Waals surface area contributed by atoms with Gasteiger partial charge in [-0.1, -0.05) is 70.9 Å². The molecule has 2 aromatic rings. The van der Waals surface area contributed by atoms with Crippen LogP contribution in [0.3, 0.4) is 0 Å². The topological polar surface area (TPSA) is 17.1 Å². The molecular formula is C21H27BrO. The van der Waals surface area contributed by atoms with E-state index in [1.165, 1.54) is 35.3 Å². The summed E-state index contributed by atoms with van der Waals surface area (Å²) in [6.45, 7) is 13.2. The number of aryl methyl sites for hydroxylation is 4. The minimum Gasteiger partial charge on any atom is -0.295 e. The van der Waals surface area contributed by atoms with Crippen LogP contribution in [0.2, 0.25) is 0 Å². The lowest BCUT2D eigenvalue weighted by molar-refractivity contribution is -0.112. The van der Waals surface area contributed by atoms with Crippen LogP contribution in [0, 0.1) is 20.8 Å². The molecule has 1 nitrogen and oxygen atoms in total. The number of ketones is 1. The van der Waals surface area contributed by atoms with E-state index in [1.807, 2.05) is 12.1 Å². The highest BCUT2D eigenvalue weighted by atomic mass is 79.9. The number of rotatable bonds is 2. The van der Waals surface area contributed by atoms with Crippen LogP contribution in [-0.2, 0) is 11.2 Å². The average Bonchev–Trinajstić information content (AvgIpc) is 2.51.